The number of aryl methyl sites for hydroxylation is 1. The Morgan fingerprint density at radius 1 is 1.09 bits per heavy atom. The van der Waals surface area contributed by atoms with Crippen LogP contribution in [0.1, 0.15) is 38.4 Å². The van der Waals surface area contributed by atoms with E-state index in [9.17, 15) is 4.79 Å². The van der Waals surface area contributed by atoms with E-state index in [-0.39, 0.29) is 18.1 Å². The van der Waals surface area contributed by atoms with Crippen molar-refractivity contribution in [1.29, 1.82) is 0 Å². The van der Waals surface area contributed by atoms with Crippen LogP contribution >= 0.6 is 0 Å². The molecule has 3 aromatic rings. The molecule has 1 aromatic carbocycles. The fourth-order valence-corrected chi connectivity index (χ4v) is 4.71. The van der Waals surface area contributed by atoms with Gasteiger partial charge in [-0.25, -0.2) is 19.7 Å². The molecule has 3 aliphatic rings. The second-order valence-corrected chi connectivity index (χ2v) is 9.56. The van der Waals surface area contributed by atoms with Crippen molar-refractivity contribution in [3.63, 3.8) is 0 Å². The summed E-state index contributed by atoms with van der Waals surface area (Å²) < 4.78 is 13.0. The number of nitrogens with one attached hydrogen (secondary N) is 2. The number of rotatable bonds is 6. The molecule has 2 saturated heterocycles. The summed E-state index contributed by atoms with van der Waals surface area (Å²) in [6, 6.07) is 7.71. The molecule has 2 N–H and O–H groups in total. The van der Waals surface area contributed by atoms with Crippen LogP contribution in [0.3, 0.4) is 0 Å². The van der Waals surface area contributed by atoms with Crippen LogP contribution in [0.15, 0.2) is 24.3 Å². The molecule has 35 heavy (non-hydrogen) atoms. The molecule has 2 amide bonds. The monoisotopic (exact) mass is 477 g/mol. The molecule has 4 heterocycles. The predicted molar refractivity (Wildman–Crippen MR) is 133 cm³/mol. The van der Waals surface area contributed by atoms with E-state index >= 15 is 0 Å². The quantitative estimate of drug-likeness (QED) is 0.562. The van der Waals surface area contributed by atoms with Crippen molar-refractivity contribution in [1.82, 2.24) is 24.8 Å². The third-order valence-corrected chi connectivity index (χ3v) is 6.88. The van der Waals surface area contributed by atoms with Crippen LogP contribution in [0.2, 0.25) is 0 Å². The molecule has 6 rings (SSSR count). The highest BCUT2D eigenvalue weighted by molar-refractivity contribution is 5.90. The van der Waals surface area contributed by atoms with Gasteiger partial charge < -0.3 is 29.6 Å². The first-order valence-corrected chi connectivity index (χ1v) is 12.5. The maximum Gasteiger partial charge on any atom is 0.319 e. The van der Waals surface area contributed by atoms with Gasteiger partial charge in [-0.15, -0.1) is 0 Å². The molecule has 0 radical (unpaired) electrons. The number of morpholine rings is 1. The van der Waals surface area contributed by atoms with E-state index in [1.807, 2.05) is 24.3 Å². The zero-order chi connectivity index (χ0) is 23.9. The number of urea groups is 1. The maximum atomic E-state index is 12.2. The molecule has 10 heteroatoms. The number of hydrogen-bond donors (Lipinski definition) is 2. The van der Waals surface area contributed by atoms with Gasteiger partial charge in [-0.2, -0.15) is 0 Å². The van der Waals surface area contributed by atoms with Crippen LogP contribution in [0.5, 0.6) is 0 Å². The largest absolute Gasteiger partial charge is 0.377 e. The van der Waals surface area contributed by atoms with Crippen LogP contribution in [-0.4, -0.2) is 70.6 Å². The number of anilines is 2. The van der Waals surface area contributed by atoms with E-state index in [4.69, 9.17) is 24.4 Å². The molecule has 0 spiro atoms. The Morgan fingerprint density at radius 3 is 2.54 bits per heavy atom. The third kappa shape index (κ3) is 4.32. The third-order valence-electron chi connectivity index (χ3n) is 6.88. The van der Waals surface area contributed by atoms with E-state index in [0.29, 0.717) is 43.9 Å². The first-order chi connectivity index (χ1) is 17.1. The van der Waals surface area contributed by atoms with Crippen molar-refractivity contribution < 1.29 is 14.3 Å². The molecule has 10 nitrogen and oxygen atoms in total. The van der Waals surface area contributed by atoms with Crippen LogP contribution in [0, 0.1) is 0 Å². The topological polar surface area (TPSA) is 106 Å². The predicted octanol–water partition coefficient (Wildman–Crippen LogP) is 3.14. The summed E-state index contributed by atoms with van der Waals surface area (Å²) >= 11 is 0. The van der Waals surface area contributed by atoms with Crippen LogP contribution in [-0.2, 0) is 16.0 Å². The highest BCUT2D eigenvalue weighted by Crippen LogP contribution is 2.42. The van der Waals surface area contributed by atoms with Crippen molar-refractivity contribution in [3.8, 4) is 11.4 Å². The van der Waals surface area contributed by atoms with Crippen molar-refractivity contribution >= 4 is 28.7 Å². The van der Waals surface area contributed by atoms with Gasteiger partial charge in [-0.3, -0.25) is 0 Å². The average Bonchev–Trinajstić information content (AvgIpc) is 3.62. The number of amides is 2. The lowest BCUT2D eigenvalue weighted by molar-refractivity contribution is 0.000735. The summed E-state index contributed by atoms with van der Waals surface area (Å²) in [5.41, 5.74) is 3.37. The fourth-order valence-electron chi connectivity index (χ4n) is 4.71. The highest BCUT2D eigenvalue weighted by atomic mass is 16.5. The maximum absolute atomic E-state index is 12.2. The number of benzene rings is 1. The Balaban J connectivity index is 1.35. The summed E-state index contributed by atoms with van der Waals surface area (Å²) in [6.45, 7) is 8.36. The number of imidazole rings is 1. The van der Waals surface area contributed by atoms with Crippen LogP contribution in [0.4, 0.5) is 16.3 Å². The smallest absolute Gasteiger partial charge is 0.319 e. The minimum atomic E-state index is -0.230. The number of aromatic nitrogens is 4. The summed E-state index contributed by atoms with van der Waals surface area (Å²) in [6.07, 6.45) is 2.37. The Morgan fingerprint density at radius 2 is 1.89 bits per heavy atom. The first kappa shape index (κ1) is 22.2. The van der Waals surface area contributed by atoms with Gasteiger partial charge in [0.25, 0.3) is 0 Å². The molecule has 2 aliphatic heterocycles. The summed E-state index contributed by atoms with van der Waals surface area (Å²) in [5.74, 6) is 3.18. The number of nitrogens with zero attached hydrogens (tertiary/aromatic N) is 5. The Labute approximate surface area is 204 Å². The van der Waals surface area contributed by atoms with Crippen LogP contribution in [0.25, 0.3) is 22.6 Å². The van der Waals surface area contributed by atoms with Gasteiger partial charge in [0.1, 0.15) is 5.82 Å². The van der Waals surface area contributed by atoms with Gasteiger partial charge in [-0.1, -0.05) is 0 Å². The standard InChI is InChI=1S/C25H31N7O3/c1-3-31-22(17-4-5-17)28-20-23(31)29-21(30-24(20)32-10-11-34-12-15(32)2)16-6-8-18(9-7-16)26-25(33)27-19-13-35-14-19/h6-9,15,17,19H,3-5,10-14H2,1-2H3,(H2,26,27,33)/t15-/m0/s1. The lowest BCUT2D eigenvalue weighted by atomic mass is 10.2. The van der Waals surface area contributed by atoms with E-state index in [1.165, 1.54) is 12.8 Å². The van der Waals surface area contributed by atoms with E-state index in [0.717, 1.165) is 41.5 Å². The number of hydrogen-bond acceptors (Lipinski definition) is 7. The average molecular weight is 478 g/mol. The second-order valence-electron chi connectivity index (χ2n) is 9.56. The minimum Gasteiger partial charge on any atom is -0.377 e. The summed E-state index contributed by atoms with van der Waals surface area (Å²) in [5, 5.41) is 5.76. The Bertz CT molecular complexity index is 1230. The lowest BCUT2D eigenvalue weighted by Gasteiger charge is -2.34. The minimum absolute atomic E-state index is 0.0827. The molecular formula is C25H31N7O3. The van der Waals surface area contributed by atoms with Crippen molar-refractivity contribution in [3.05, 3.63) is 30.1 Å². The molecule has 184 valence electrons. The number of ether oxygens (including phenoxy) is 2. The molecule has 1 aliphatic carbocycles. The first-order valence-electron chi connectivity index (χ1n) is 12.5. The normalized spacial score (nSPS) is 20.6. The van der Waals surface area contributed by atoms with Crippen molar-refractivity contribution in [2.24, 2.45) is 0 Å². The van der Waals surface area contributed by atoms with E-state index in [2.05, 4.69) is 33.9 Å². The van der Waals surface area contributed by atoms with Gasteiger partial charge in [0, 0.05) is 30.3 Å². The zero-order valence-corrected chi connectivity index (χ0v) is 20.2. The molecular weight excluding hydrogens is 446 g/mol. The highest BCUT2D eigenvalue weighted by Gasteiger charge is 2.32. The summed E-state index contributed by atoms with van der Waals surface area (Å²) in [4.78, 5) is 29.6. The van der Waals surface area contributed by atoms with Crippen molar-refractivity contribution in [2.45, 2.75) is 51.2 Å². The fraction of sp³-hybridized carbons (Fsp3) is 0.520. The van der Waals surface area contributed by atoms with Crippen molar-refractivity contribution in [2.75, 3.05) is 43.2 Å². The van der Waals surface area contributed by atoms with Gasteiger partial charge in [0.15, 0.2) is 22.8 Å². The van der Waals surface area contributed by atoms with E-state index < -0.39 is 0 Å². The number of fused-ring (bicyclic) bond motifs is 1. The Hall–Kier alpha value is -3.24. The Kier molecular flexibility index (Phi) is 5.77. The number of carbonyl (C=O) groups excluding carboxylic acids is 1. The molecule has 1 atom stereocenters. The molecule has 2 aromatic heterocycles. The van der Waals surface area contributed by atoms with Gasteiger partial charge in [0.2, 0.25) is 0 Å². The molecule has 0 unspecified atom stereocenters. The zero-order valence-electron chi connectivity index (χ0n) is 20.2. The van der Waals surface area contributed by atoms with Gasteiger partial charge in [-0.05, 0) is 51.0 Å². The van der Waals surface area contributed by atoms with Crippen LogP contribution < -0.4 is 15.5 Å². The summed E-state index contributed by atoms with van der Waals surface area (Å²) in [7, 11) is 0. The van der Waals surface area contributed by atoms with E-state index in [1.54, 1.807) is 0 Å². The number of carbonyl (C=O) groups is 1. The lowest BCUT2D eigenvalue weighted by Crippen LogP contribution is -2.49. The van der Waals surface area contributed by atoms with Gasteiger partial charge >= 0.3 is 6.03 Å². The SMILES string of the molecule is CCn1c(C2CC2)nc2c(N3CCOC[C@@H]3C)nc(-c3ccc(NC(=O)NC4COC4)cc3)nc21. The van der Waals surface area contributed by atoms with Gasteiger partial charge in [0.05, 0.1) is 38.5 Å². The molecule has 3 fully saturated rings. The molecule has 1 saturated carbocycles. The second kappa shape index (κ2) is 9.09. The molecule has 0 bridgehead atoms.